The standard InChI is InChI=1S/C20H22F2N6O2/c1-28(2,26-19(29)14-3-6-16(23)7-4-14)11-20(30,10-27-13-24-12-25-27)17-8-5-15(21)9-18(17)22/h3-9,12-13,30H,10-11H2,1-2H3,(H2-,23,26,29)/p+1. The lowest BCUT2D eigenvalue weighted by Crippen LogP contribution is -2.60. The van der Waals surface area contributed by atoms with Crippen molar-refractivity contribution in [2.45, 2.75) is 12.1 Å². The number of benzene rings is 2. The molecule has 0 aliphatic carbocycles. The molecule has 1 heterocycles. The number of hydrogen-bond donors (Lipinski definition) is 3. The van der Waals surface area contributed by atoms with Crippen molar-refractivity contribution in [3.8, 4) is 0 Å². The highest BCUT2D eigenvalue weighted by atomic mass is 19.1. The largest absolute Gasteiger partial charge is 0.399 e. The summed E-state index contributed by atoms with van der Waals surface area (Å²) in [6.45, 7) is -0.300. The highest BCUT2D eigenvalue weighted by Gasteiger charge is 2.41. The highest BCUT2D eigenvalue weighted by Crippen LogP contribution is 2.28. The second-order valence-electron chi connectivity index (χ2n) is 7.65. The average molecular weight is 417 g/mol. The average Bonchev–Trinajstić information content (AvgIpc) is 3.13. The molecule has 0 fully saturated rings. The van der Waals surface area contributed by atoms with Crippen molar-refractivity contribution >= 4 is 11.6 Å². The van der Waals surface area contributed by atoms with Crippen LogP contribution in [0, 0.1) is 11.6 Å². The van der Waals surface area contributed by atoms with Crippen LogP contribution in [0.3, 0.4) is 0 Å². The Kier molecular flexibility index (Phi) is 5.81. The number of quaternary nitrogens is 1. The van der Waals surface area contributed by atoms with E-state index < -0.39 is 23.1 Å². The molecule has 0 aliphatic rings. The molecule has 0 bridgehead atoms. The number of nitrogens with zero attached hydrogens (tertiary/aromatic N) is 4. The van der Waals surface area contributed by atoms with Crippen LogP contribution in [0.4, 0.5) is 14.5 Å². The third-order valence-electron chi connectivity index (χ3n) is 4.56. The highest BCUT2D eigenvalue weighted by molar-refractivity contribution is 5.93. The maximum atomic E-state index is 14.6. The molecule has 30 heavy (non-hydrogen) atoms. The number of nitrogens with one attached hydrogen (secondary N) is 1. The zero-order chi connectivity index (χ0) is 21.9. The molecule has 2 aromatic carbocycles. The number of rotatable bonds is 7. The van der Waals surface area contributed by atoms with Gasteiger partial charge in [-0.2, -0.15) is 10.5 Å². The van der Waals surface area contributed by atoms with Gasteiger partial charge < -0.3 is 10.8 Å². The van der Waals surface area contributed by atoms with Gasteiger partial charge in [-0.05, 0) is 36.4 Å². The summed E-state index contributed by atoms with van der Waals surface area (Å²) >= 11 is 0. The fourth-order valence-corrected chi connectivity index (χ4v) is 3.34. The van der Waals surface area contributed by atoms with Gasteiger partial charge in [-0.3, -0.25) is 4.79 Å². The van der Waals surface area contributed by atoms with Gasteiger partial charge in [0, 0.05) is 22.9 Å². The number of anilines is 1. The van der Waals surface area contributed by atoms with E-state index in [-0.39, 0.29) is 23.2 Å². The van der Waals surface area contributed by atoms with E-state index in [1.165, 1.54) is 23.4 Å². The van der Waals surface area contributed by atoms with Crippen LogP contribution in [0.5, 0.6) is 0 Å². The maximum Gasteiger partial charge on any atom is 0.295 e. The summed E-state index contributed by atoms with van der Waals surface area (Å²) in [5.41, 5.74) is 7.38. The molecule has 10 heteroatoms. The smallest absolute Gasteiger partial charge is 0.295 e. The number of carbonyl (C=O) groups excluding carboxylic acids is 1. The number of nitrogen functional groups attached to an aromatic ring is 1. The molecule has 3 rings (SSSR count). The minimum atomic E-state index is -1.83. The SMILES string of the molecule is C[N+](C)(CC(O)(Cn1cncn1)c1ccc(F)cc1F)NC(=O)c1ccc(N)cc1. The summed E-state index contributed by atoms with van der Waals surface area (Å²) in [6, 6.07) is 9.31. The van der Waals surface area contributed by atoms with Crippen molar-refractivity contribution in [2.75, 3.05) is 26.4 Å². The molecule has 1 amide bonds. The van der Waals surface area contributed by atoms with Crippen molar-refractivity contribution in [3.63, 3.8) is 0 Å². The van der Waals surface area contributed by atoms with Crippen LogP contribution in [0.25, 0.3) is 0 Å². The van der Waals surface area contributed by atoms with Gasteiger partial charge in [0.15, 0.2) is 5.60 Å². The lowest BCUT2D eigenvalue weighted by atomic mass is 9.92. The van der Waals surface area contributed by atoms with Gasteiger partial charge in [-0.25, -0.2) is 23.0 Å². The molecule has 1 aromatic heterocycles. The number of aromatic nitrogens is 3. The molecular weight excluding hydrogens is 394 g/mol. The Bertz CT molecular complexity index is 1020. The molecule has 0 saturated heterocycles. The van der Waals surface area contributed by atoms with Crippen LogP contribution in [0.1, 0.15) is 15.9 Å². The predicted molar refractivity (Wildman–Crippen MR) is 106 cm³/mol. The maximum absolute atomic E-state index is 14.6. The Labute approximate surface area is 172 Å². The molecule has 158 valence electrons. The van der Waals surface area contributed by atoms with E-state index >= 15 is 0 Å². The number of nitrogens with two attached hydrogens (primary N) is 1. The monoisotopic (exact) mass is 417 g/mol. The molecule has 3 aromatic rings. The van der Waals surface area contributed by atoms with E-state index in [0.717, 1.165) is 6.07 Å². The molecule has 0 radical (unpaired) electrons. The Hall–Kier alpha value is -3.37. The van der Waals surface area contributed by atoms with Crippen LogP contribution in [-0.4, -0.2) is 51.0 Å². The van der Waals surface area contributed by atoms with E-state index in [9.17, 15) is 18.7 Å². The number of likely N-dealkylation sites (N-methyl/N-ethyl adjacent to an activating group) is 1. The van der Waals surface area contributed by atoms with Gasteiger partial charge in [0.2, 0.25) is 0 Å². The van der Waals surface area contributed by atoms with Crippen molar-refractivity contribution in [3.05, 3.63) is 77.9 Å². The first-order chi connectivity index (χ1) is 14.1. The van der Waals surface area contributed by atoms with Gasteiger partial charge in [0.25, 0.3) is 5.91 Å². The molecule has 4 N–H and O–H groups in total. The number of carbonyl (C=O) groups is 1. The first-order valence-electron chi connectivity index (χ1n) is 9.09. The third-order valence-corrected chi connectivity index (χ3v) is 4.56. The Morgan fingerprint density at radius 2 is 1.93 bits per heavy atom. The summed E-state index contributed by atoms with van der Waals surface area (Å²) in [7, 11) is 3.28. The van der Waals surface area contributed by atoms with Crippen LogP contribution in [0.2, 0.25) is 0 Å². The molecule has 1 unspecified atom stereocenters. The topological polar surface area (TPSA) is 106 Å². The minimum absolute atomic E-state index is 0.118. The normalized spacial score (nSPS) is 13.6. The summed E-state index contributed by atoms with van der Waals surface area (Å²) in [5.74, 6) is -2.06. The Morgan fingerprint density at radius 3 is 2.53 bits per heavy atom. The van der Waals surface area contributed by atoms with Gasteiger partial charge in [-0.1, -0.05) is 0 Å². The third kappa shape index (κ3) is 4.97. The predicted octanol–water partition coefficient (Wildman–Crippen LogP) is 1.45. The minimum Gasteiger partial charge on any atom is -0.399 e. The van der Waals surface area contributed by atoms with Gasteiger partial charge >= 0.3 is 0 Å². The second-order valence-corrected chi connectivity index (χ2v) is 7.65. The quantitative estimate of drug-likeness (QED) is 0.307. The number of hydrogen-bond acceptors (Lipinski definition) is 5. The Morgan fingerprint density at radius 1 is 1.23 bits per heavy atom. The van der Waals surface area contributed by atoms with Crippen molar-refractivity contribution in [1.29, 1.82) is 0 Å². The first kappa shape index (κ1) is 21.3. The first-order valence-corrected chi connectivity index (χ1v) is 9.09. The van der Waals surface area contributed by atoms with E-state index in [1.54, 1.807) is 38.4 Å². The summed E-state index contributed by atoms with van der Waals surface area (Å²) < 4.78 is 29.1. The summed E-state index contributed by atoms with van der Waals surface area (Å²) in [5, 5.41) is 15.4. The second kappa shape index (κ2) is 8.17. The molecule has 1 atom stereocenters. The summed E-state index contributed by atoms with van der Waals surface area (Å²) in [6.07, 6.45) is 2.66. The Balaban J connectivity index is 1.89. The zero-order valence-corrected chi connectivity index (χ0v) is 16.6. The lowest BCUT2D eigenvalue weighted by molar-refractivity contribution is -0.931. The molecular formula is C20H23F2N6O2+. The van der Waals surface area contributed by atoms with Crippen molar-refractivity contribution in [2.24, 2.45) is 0 Å². The van der Waals surface area contributed by atoms with Gasteiger partial charge in [-0.15, -0.1) is 0 Å². The van der Waals surface area contributed by atoms with Crippen LogP contribution in [0.15, 0.2) is 55.1 Å². The van der Waals surface area contributed by atoms with Crippen molar-refractivity contribution in [1.82, 2.24) is 20.2 Å². The molecule has 0 spiro atoms. The van der Waals surface area contributed by atoms with E-state index in [1.807, 2.05) is 0 Å². The van der Waals surface area contributed by atoms with Gasteiger partial charge in [0.1, 0.15) is 30.8 Å². The van der Waals surface area contributed by atoms with E-state index in [0.29, 0.717) is 17.3 Å². The van der Waals surface area contributed by atoms with Crippen LogP contribution >= 0.6 is 0 Å². The van der Waals surface area contributed by atoms with Crippen molar-refractivity contribution < 1.29 is 23.3 Å². The molecule has 8 nitrogen and oxygen atoms in total. The molecule has 0 saturated carbocycles. The molecule has 0 aliphatic heterocycles. The number of amides is 1. The fraction of sp³-hybridized carbons (Fsp3) is 0.250. The van der Waals surface area contributed by atoms with E-state index in [4.69, 9.17) is 5.73 Å². The summed E-state index contributed by atoms with van der Waals surface area (Å²) in [4.78, 5) is 16.5. The van der Waals surface area contributed by atoms with Crippen LogP contribution in [-0.2, 0) is 12.1 Å². The van der Waals surface area contributed by atoms with Crippen LogP contribution < -0.4 is 11.2 Å². The van der Waals surface area contributed by atoms with E-state index in [2.05, 4.69) is 15.5 Å². The zero-order valence-electron chi connectivity index (χ0n) is 16.6. The fourth-order valence-electron chi connectivity index (χ4n) is 3.34. The number of aliphatic hydroxyl groups is 1. The lowest BCUT2D eigenvalue weighted by Gasteiger charge is -2.37. The number of halogens is 2. The van der Waals surface area contributed by atoms with Gasteiger partial charge in [0.05, 0.1) is 20.6 Å².